The second kappa shape index (κ2) is 26.8. The minimum Gasteiger partial charge on any atom is -0.494 e. The van der Waals surface area contributed by atoms with Gasteiger partial charge < -0.3 is 52.7 Å². The van der Waals surface area contributed by atoms with Gasteiger partial charge in [0.15, 0.2) is 16.6 Å². The van der Waals surface area contributed by atoms with Gasteiger partial charge in [0.05, 0.1) is 78.1 Å². The molecule has 75 heavy (non-hydrogen) atoms. The Morgan fingerprint density at radius 2 is 1.29 bits per heavy atom. The number of carbonyl (C=O) groups excluding carboxylic acids is 4. The van der Waals surface area contributed by atoms with E-state index in [1.807, 2.05) is 30.2 Å². The first-order chi connectivity index (χ1) is 36.5. The lowest BCUT2D eigenvalue weighted by molar-refractivity contribution is -0.179. The predicted octanol–water partition coefficient (Wildman–Crippen LogP) is 10.9. The van der Waals surface area contributed by atoms with Crippen molar-refractivity contribution in [3.05, 3.63) is 120 Å². The van der Waals surface area contributed by atoms with Crippen molar-refractivity contribution in [3.63, 3.8) is 0 Å². The van der Waals surface area contributed by atoms with Crippen molar-refractivity contribution in [2.24, 2.45) is 5.92 Å². The van der Waals surface area contributed by atoms with Crippen molar-refractivity contribution in [2.75, 3.05) is 52.6 Å². The number of carbonyl (C=O) groups is 4. The van der Waals surface area contributed by atoms with Gasteiger partial charge in [-0.3, -0.25) is 0 Å². The van der Waals surface area contributed by atoms with E-state index in [4.69, 9.17) is 66.0 Å². The van der Waals surface area contributed by atoms with Crippen molar-refractivity contribution < 1.29 is 66.5 Å². The highest BCUT2D eigenvalue weighted by atomic mass is 32.2. The Balaban J connectivity index is 0.854. The molecule has 2 unspecified atom stereocenters. The molecule has 2 atom stereocenters. The van der Waals surface area contributed by atoms with E-state index >= 15 is 0 Å². The number of ether oxygens (including phenoxy) is 10. The molecule has 1 saturated carbocycles. The smallest absolute Gasteiger partial charge is 0.384 e. The van der Waals surface area contributed by atoms with Gasteiger partial charge in [0, 0.05) is 19.1 Å². The summed E-state index contributed by atoms with van der Waals surface area (Å²) >= 11 is 8.25. The molecule has 3 heterocycles. The molecular weight excluding hydrogens is 1020 g/mol. The molecule has 0 radical (unpaired) electrons. The van der Waals surface area contributed by atoms with Crippen LogP contribution in [0.3, 0.4) is 0 Å². The van der Waals surface area contributed by atoms with Crippen LogP contribution in [0.1, 0.15) is 82.4 Å². The minimum atomic E-state index is -0.733. The highest BCUT2D eigenvalue weighted by Gasteiger charge is 2.39. The fourth-order valence-electron chi connectivity index (χ4n) is 8.17. The number of rotatable bonds is 25. The van der Waals surface area contributed by atoms with E-state index in [2.05, 4.69) is 10.3 Å². The van der Waals surface area contributed by atoms with Crippen LogP contribution in [-0.2, 0) is 19.0 Å². The molecule has 2 saturated heterocycles. The Kier molecular flexibility index (Phi) is 19.3. The quantitative estimate of drug-likeness (QED) is 0.0108. The van der Waals surface area contributed by atoms with Crippen molar-refractivity contribution in [3.8, 4) is 52.6 Å². The lowest BCUT2D eigenvalue weighted by Crippen LogP contribution is -2.46. The van der Waals surface area contributed by atoms with Crippen molar-refractivity contribution in [1.82, 2.24) is 4.98 Å². The van der Waals surface area contributed by atoms with Gasteiger partial charge >= 0.3 is 23.9 Å². The summed E-state index contributed by atoms with van der Waals surface area (Å²) in [6, 6.07) is 27.7. The number of nitrogens with one attached hydrogen (secondary N) is 1. The molecule has 0 spiro atoms. The number of para-hydroxylation sites is 1. The summed E-state index contributed by atoms with van der Waals surface area (Å²) < 4.78 is 57.9. The summed E-state index contributed by atoms with van der Waals surface area (Å²) in [6.45, 7) is 2.48. The molecular formula is C56H54N2O14S3. The third-order valence-corrected chi connectivity index (χ3v) is 14.0. The fraction of sp³-hybridized carbons (Fsp3) is 0.321. The van der Waals surface area contributed by atoms with E-state index in [1.54, 1.807) is 30.3 Å². The molecule has 2 aliphatic heterocycles. The van der Waals surface area contributed by atoms with E-state index in [-0.39, 0.29) is 58.8 Å². The van der Waals surface area contributed by atoms with E-state index in [0.717, 1.165) is 67.3 Å². The van der Waals surface area contributed by atoms with Crippen LogP contribution in [0.2, 0.25) is 0 Å². The number of esters is 4. The van der Waals surface area contributed by atoms with Crippen LogP contribution in [0.5, 0.6) is 40.2 Å². The average Bonchev–Trinajstić information content (AvgIpc) is 3.83. The maximum Gasteiger partial charge on any atom is 0.384 e. The van der Waals surface area contributed by atoms with E-state index in [0.29, 0.717) is 63.2 Å². The average molecular weight is 1080 g/mol. The Bertz CT molecular complexity index is 2940. The Morgan fingerprint density at radius 3 is 1.99 bits per heavy atom. The second-order valence-electron chi connectivity index (χ2n) is 17.3. The van der Waals surface area contributed by atoms with E-state index < -0.39 is 23.9 Å². The van der Waals surface area contributed by atoms with Gasteiger partial charge in [-0.1, -0.05) is 47.4 Å². The number of thiazole rings is 1. The zero-order valence-corrected chi connectivity index (χ0v) is 43.7. The molecule has 6 aromatic rings. The second-order valence-corrected chi connectivity index (χ2v) is 20.1. The van der Waals surface area contributed by atoms with Crippen molar-refractivity contribution >= 4 is 78.9 Å². The minimum absolute atomic E-state index is 0.108. The topological polar surface area (TPSA) is 185 Å². The van der Waals surface area contributed by atoms with Crippen LogP contribution >= 0.6 is 35.3 Å². The monoisotopic (exact) mass is 1070 g/mol. The van der Waals surface area contributed by atoms with Gasteiger partial charge in [0.25, 0.3) is 0 Å². The lowest BCUT2D eigenvalue weighted by atomic mass is 9.81. The molecule has 16 nitrogen and oxygen atoms in total. The zero-order chi connectivity index (χ0) is 52.5. The number of aromatic nitrogens is 1. The summed E-state index contributed by atoms with van der Waals surface area (Å²) in [5.74, 6) is 1.53. The van der Waals surface area contributed by atoms with E-state index in [9.17, 15) is 19.2 Å². The molecule has 0 amide bonds. The largest absolute Gasteiger partial charge is 0.494 e. The zero-order valence-electron chi connectivity index (χ0n) is 41.2. The fourth-order valence-corrected chi connectivity index (χ4v) is 10.3. The molecule has 1 N–H and O–H groups in total. The number of benzene rings is 5. The third kappa shape index (κ3) is 15.4. The third-order valence-electron chi connectivity index (χ3n) is 11.9. The number of anilines is 1. The number of terminal acetylenes is 1. The first kappa shape index (κ1) is 54.1. The Hall–Kier alpha value is -7.21. The van der Waals surface area contributed by atoms with Crippen LogP contribution in [0.4, 0.5) is 5.13 Å². The molecule has 1 aliphatic carbocycles. The number of unbranched alkanes of at least 4 members (excludes halogenated alkanes) is 3. The molecule has 3 fully saturated rings. The van der Waals surface area contributed by atoms with Crippen molar-refractivity contribution in [1.29, 1.82) is 0 Å². The molecule has 3 aliphatic rings. The van der Waals surface area contributed by atoms with Gasteiger partial charge in [0.1, 0.15) is 27.3 Å². The van der Waals surface area contributed by atoms with Crippen LogP contribution in [-0.4, -0.2) is 92.6 Å². The maximum absolute atomic E-state index is 13.5. The standard InChI is InChI=1S/C56H54N2O14S3/c1-4-50(59)67-26-10-11-27-68-51-46(63-2)30-38(31-47(51)64-3)54(62)70-40-20-16-36(17-21-40)52(60)71-41-22-23-45(49(33-41)75-56(73)58-55-57-44-12-6-7-13-48(44)74-55)72-53(61)37-14-18-39(19-15-37)66-25-9-5-8-24-65-34-35-28-42-32-43(29-35)69-42/h1,6-7,12-23,30-31,33,35,42-43H,5,8-11,24-29,32,34H2,2-3H3,(H,57,58,73). The van der Waals surface area contributed by atoms with Crippen LogP contribution in [0, 0.1) is 18.3 Å². The van der Waals surface area contributed by atoms with Crippen molar-refractivity contribution in [2.45, 2.75) is 68.5 Å². The highest BCUT2D eigenvalue weighted by Crippen LogP contribution is 2.41. The molecule has 5 aromatic carbocycles. The Labute approximate surface area is 447 Å². The number of methoxy groups -OCH3 is 2. The summed E-state index contributed by atoms with van der Waals surface area (Å²) in [4.78, 5) is 56.5. The van der Waals surface area contributed by atoms with Gasteiger partial charge in [-0.2, -0.15) is 0 Å². The van der Waals surface area contributed by atoms with Crippen LogP contribution in [0.25, 0.3) is 10.2 Å². The van der Waals surface area contributed by atoms with Crippen LogP contribution in [0.15, 0.2) is 108 Å². The summed E-state index contributed by atoms with van der Waals surface area (Å²) in [7, 11) is 2.84. The van der Waals surface area contributed by atoms with Gasteiger partial charge in [-0.15, -0.1) is 6.42 Å². The maximum atomic E-state index is 13.5. The van der Waals surface area contributed by atoms with Crippen LogP contribution < -0.4 is 38.5 Å². The Morgan fingerprint density at radius 1 is 0.693 bits per heavy atom. The van der Waals surface area contributed by atoms with Gasteiger partial charge in [-0.05, 0) is 148 Å². The number of hydrogen-bond donors (Lipinski definition) is 1. The molecule has 19 heteroatoms. The predicted molar refractivity (Wildman–Crippen MR) is 286 cm³/mol. The van der Waals surface area contributed by atoms with E-state index in [1.165, 1.54) is 80.5 Å². The summed E-state index contributed by atoms with van der Waals surface area (Å²) in [5, 5.41) is 3.73. The SMILES string of the molecule is C#CC(=O)OCCCCOc1c(OC)cc(C(=O)Oc2ccc(C(=O)Oc3ccc(OC(=O)c4ccc(OCCCCCOCC5CC6CC(C5)O6)cc4)c(SC(=S)Nc4nc5ccccc5s4)c3)cc2)cc1OC. The number of thioether (sulfide) groups is 1. The molecule has 390 valence electrons. The molecule has 2 bridgehead atoms. The van der Waals surface area contributed by atoms with Gasteiger partial charge in [-0.25, -0.2) is 24.2 Å². The normalized spacial score (nSPS) is 15.3. The number of nitrogens with zero attached hydrogens (tertiary/aromatic N) is 1. The molecule has 1 aromatic heterocycles. The first-order valence-corrected chi connectivity index (χ1v) is 26.3. The summed E-state index contributed by atoms with van der Waals surface area (Å²) in [5.41, 5.74) is 1.37. The number of hydrogen-bond acceptors (Lipinski definition) is 18. The highest BCUT2D eigenvalue weighted by molar-refractivity contribution is 8.23. The number of fused-ring (bicyclic) bond motifs is 3. The number of thiocarbonyl (C=S) groups is 1. The first-order valence-electron chi connectivity index (χ1n) is 24.3. The van der Waals surface area contributed by atoms with Gasteiger partial charge in [0.2, 0.25) is 5.75 Å². The lowest BCUT2D eigenvalue weighted by Gasteiger charge is -2.45. The molecule has 9 rings (SSSR count). The summed E-state index contributed by atoms with van der Waals surface area (Å²) in [6.07, 6.45) is 13.2.